The first kappa shape index (κ1) is 21.6. The minimum atomic E-state index is -4.11. The van der Waals surface area contributed by atoms with Gasteiger partial charge in [0.15, 0.2) is 11.6 Å². The van der Waals surface area contributed by atoms with Crippen LogP contribution < -0.4 is 4.72 Å². The summed E-state index contributed by atoms with van der Waals surface area (Å²) in [5.74, 6) is -3.33. The molecule has 0 saturated carbocycles. The molecule has 0 spiro atoms. The summed E-state index contributed by atoms with van der Waals surface area (Å²) in [6.45, 7) is 3.46. The van der Waals surface area contributed by atoms with Crippen molar-refractivity contribution in [2.45, 2.75) is 17.9 Å². The predicted octanol–water partition coefficient (Wildman–Crippen LogP) is 2.99. The number of carbonyl (C=O) groups excluding carboxylic acids is 1. The van der Waals surface area contributed by atoms with Crippen LogP contribution >= 0.6 is 0 Å². The number of nitrogens with zero attached hydrogens (tertiary/aromatic N) is 1. The molecule has 0 fully saturated rings. The molecule has 0 aliphatic heterocycles. The van der Waals surface area contributed by atoms with Crippen molar-refractivity contribution in [3.8, 4) is 0 Å². The molecule has 0 aliphatic rings. The normalized spacial score (nSPS) is 11.2. The van der Waals surface area contributed by atoms with Gasteiger partial charge < -0.3 is 4.90 Å². The van der Waals surface area contributed by atoms with Gasteiger partial charge in [0, 0.05) is 31.6 Å². The summed E-state index contributed by atoms with van der Waals surface area (Å²) in [5.41, 5.74) is 0.320. The lowest BCUT2D eigenvalue weighted by Gasteiger charge is -2.21. The molecule has 0 saturated heterocycles. The Morgan fingerprint density at radius 1 is 1.07 bits per heavy atom. The number of halogens is 3. The number of rotatable bonds is 9. The average Bonchev–Trinajstić information content (AvgIpc) is 2.65. The van der Waals surface area contributed by atoms with Crippen molar-refractivity contribution in [2.75, 3.05) is 13.1 Å². The molecule has 0 radical (unpaired) electrons. The third-order valence-electron chi connectivity index (χ3n) is 3.85. The second-order valence-corrected chi connectivity index (χ2v) is 7.64. The minimum absolute atomic E-state index is 0.00739. The van der Waals surface area contributed by atoms with Gasteiger partial charge in [-0.05, 0) is 24.3 Å². The van der Waals surface area contributed by atoms with Crippen LogP contribution in [0, 0.1) is 17.5 Å². The largest absolute Gasteiger partial charge is 0.335 e. The van der Waals surface area contributed by atoms with Crippen molar-refractivity contribution in [2.24, 2.45) is 0 Å². The fourth-order valence-electron chi connectivity index (χ4n) is 2.42. The Morgan fingerprint density at radius 2 is 1.79 bits per heavy atom. The molecule has 0 atom stereocenters. The van der Waals surface area contributed by atoms with Gasteiger partial charge in [-0.2, -0.15) is 0 Å². The highest BCUT2D eigenvalue weighted by atomic mass is 32.2. The van der Waals surface area contributed by atoms with Gasteiger partial charge >= 0.3 is 0 Å². The van der Waals surface area contributed by atoms with Crippen molar-refractivity contribution in [3.05, 3.63) is 78.1 Å². The molecule has 2 aromatic carbocycles. The van der Waals surface area contributed by atoms with E-state index < -0.39 is 38.3 Å². The third-order valence-corrected chi connectivity index (χ3v) is 5.31. The molecule has 2 aromatic rings. The first-order chi connectivity index (χ1) is 13.2. The van der Waals surface area contributed by atoms with Gasteiger partial charge in [0.05, 0.1) is 4.90 Å². The van der Waals surface area contributed by atoms with E-state index in [4.69, 9.17) is 0 Å². The highest BCUT2D eigenvalue weighted by Crippen LogP contribution is 2.14. The van der Waals surface area contributed by atoms with Crippen LogP contribution in [0.1, 0.15) is 12.0 Å². The van der Waals surface area contributed by atoms with Gasteiger partial charge in [0.1, 0.15) is 5.82 Å². The van der Waals surface area contributed by atoms with Gasteiger partial charge in [-0.3, -0.25) is 4.79 Å². The van der Waals surface area contributed by atoms with Crippen molar-refractivity contribution in [1.29, 1.82) is 0 Å². The van der Waals surface area contributed by atoms with E-state index in [1.54, 1.807) is 12.1 Å². The number of carbonyl (C=O) groups is 1. The molecular formula is C19H19F3N2O3S. The first-order valence-electron chi connectivity index (χ1n) is 8.31. The lowest BCUT2D eigenvalue weighted by Crippen LogP contribution is -2.34. The van der Waals surface area contributed by atoms with Crippen LogP contribution in [-0.2, 0) is 21.4 Å². The van der Waals surface area contributed by atoms with Crippen LogP contribution in [0.4, 0.5) is 13.2 Å². The Labute approximate surface area is 161 Å². The number of sulfonamides is 1. The minimum Gasteiger partial charge on any atom is -0.335 e. The summed E-state index contributed by atoms with van der Waals surface area (Å²) in [7, 11) is -4.11. The van der Waals surface area contributed by atoms with E-state index in [9.17, 15) is 26.4 Å². The first-order valence-corrected chi connectivity index (χ1v) is 9.79. The maximum atomic E-state index is 13.8. The van der Waals surface area contributed by atoms with E-state index in [-0.39, 0.29) is 26.1 Å². The van der Waals surface area contributed by atoms with Crippen LogP contribution in [0.5, 0.6) is 0 Å². The molecular weight excluding hydrogens is 393 g/mol. The summed E-state index contributed by atoms with van der Waals surface area (Å²) >= 11 is 0. The Morgan fingerprint density at radius 3 is 2.43 bits per heavy atom. The zero-order valence-corrected chi connectivity index (χ0v) is 15.7. The van der Waals surface area contributed by atoms with E-state index in [2.05, 4.69) is 11.3 Å². The third kappa shape index (κ3) is 5.67. The Bertz CT molecular complexity index is 965. The molecule has 2 rings (SSSR count). The second kappa shape index (κ2) is 9.52. The van der Waals surface area contributed by atoms with Gasteiger partial charge in [-0.1, -0.05) is 24.3 Å². The lowest BCUT2D eigenvalue weighted by atomic mass is 10.2. The highest BCUT2D eigenvalue weighted by Gasteiger charge is 2.19. The summed E-state index contributed by atoms with van der Waals surface area (Å²) < 4.78 is 66.4. The quantitative estimate of drug-likeness (QED) is 0.644. The molecule has 9 heteroatoms. The van der Waals surface area contributed by atoms with Crippen LogP contribution in [0.15, 0.2) is 60.0 Å². The average molecular weight is 412 g/mol. The van der Waals surface area contributed by atoms with Crippen molar-refractivity contribution < 1.29 is 26.4 Å². The van der Waals surface area contributed by atoms with E-state index in [1.807, 2.05) is 0 Å². The fourth-order valence-corrected chi connectivity index (χ4v) is 3.46. The molecule has 1 N–H and O–H groups in total. The number of hydrogen-bond donors (Lipinski definition) is 1. The fraction of sp³-hybridized carbons (Fsp3) is 0.211. The number of benzene rings is 2. The van der Waals surface area contributed by atoms with E-state index in [1.165, 1.54) is 23.1 Å². The second-order valence-electron chi connectivity index (χ2n) is 5.88. The highest BCUT2D eigenvalue weighted by molar-refractivity contribution is 7.89. The van der Waals surface area contributed by atoms with Gasteiger partial charge in [0.25, 0.3) is 0 Å². The Kier molecular flexibility index (Phi) is 7.36. The van der Waals surface area contributed by atoms with Crippen LogP contribution in [0.3, 0.4) is 0 Å². The molecule has 0 bridgehead atoms. The summed E-state index contributed by atoms with van der Waals surface area (Å²) in [6.07, 6.45) is 1.27. The maximum Gasteiger partial charge on any atom is 0.240 e. The standard InChI is InChI=1S/C19H19F3N2O3S/c1-2-11-24(13-14-5-3-4-6-16(14)20)19(25)9-10-23-28(26,27)15-7-8-17(21)18(22)12-15/h2-8,12,23H,1,9-11,13H2. The van der Waals surface area contributed by atoms with Crippen LogP contribution in [0.25, 0.3) is 0 Å². The number of nitrogens with one attached hydrogen (secondary N) is 1. The zero-order valence-electron chi connectivity index (χ0n) is 14.9. The lowest BCUT2D eigenvalue weighted by molar-refractivity contribution is -0.131. The number of hydrogen-bond acceptors (Lipinski definition) is 3. The molecule has 0 aliphatic carbocycles. The molecule has 1 amide bonds. The monoisotopic (exact) mass is 412 g/mol. The summed E-state index contributed by atoms with van der Waals surface area (Å²) in [5, 5.41) is 0. The Hall–Kier alpha value is -2.65. The molecule has 28 heavy (non-hydrogen) atoms. The van der Waals surface area contributed by atoms with Crippen LogP contribution in [-0.4, -0.2) is 32.3 Å². The van der Waals surface area contributed by atoms with Crippen molar-refractivity contribution in [1.82, 2.24) is 9.62 Å². The van der Waals surface area contributed by atoms with Gasteiger partial charge in [-0.15, -0.1) is 6.58 Å². The summed E-state index contributed by atoms with van der Waals surface area (Å²) in [4.78, 5) is 13.3. The van der Waals surface area contributed by atoms with E-state index in [0.29, 0.717) is 17.7 Å². The molecule has 0 unspecified atom stereocenters. The van der Waals surface area contributed by atoms with E-state index >= 15 is 0 Å². The SMILES string of the molecule is C=CCN(Cc1ccccc1F)C(=O)CCNS(=O)(=O)c1ccc(F)c(F)c1. The van der Waals surface area contributed by atoms with Crippen molar-refractivity contribution >= 4 is 15.9 Å². The predicted molar refractivity (Wildman–Crippen MR) is 98.2 cm³/mol. The molecule has 0 aromatic heterocycles. The van der Waals surface area contributed by atoms with Crippen molar-refractivity contribution in [3.63, 3.8) is 0 Å². The van der Waals surface area contributed by atoms with Gasteiger partial charge in [-0.25, -0.2) is 26.3 Å². The maximum absolute atomic E-state index is 13.8. The number of amides is 1. The molecule has 150 valence electrons. The Balaban J connectivity index is 1.99. The summed E-state index contributed by atoms with van der Waals surface area (Å²) in [6, 6.07) is 8.19. The smallest absolute Gasteiger partial charge is 0.240 e. The van der Waals surface area contributed by atoms with Gasteiger partial charge in [0.2, 0.25) is 15.9 Å². The zero-order chi connectivity index (χ0) is 20.7. The van der Waals surface area contributed by atoms with Crippen LogP contribution in [0.2, 0.25) is 0 Å². The molecule has 5 nitrogen and oxygen atoms in total. The molecule has 0 heterocycles. The topological polar surface area (TPSA) is 66.5 Å². The van der Waals surface area contributed by atoms with E-state index in [0.717, 1.165) is 6.07 Å².